The van der Waals surface area contributed by atoms with Gasteiger partial charge in [0, 0.05) is 12.7 Å². The Balaban J connectivity index is 1.76. The molecule has 0 atom stereocenters. The van der Waals surface area contributed by atoms with Crippen LogP contribution in [0.2, 0.25) is 0 Å². The number of benzene rings is 2. The van der Waals surface area contributed by atoms with Crippen LogP contribution >= 0.6 is 0 Å². The molecule has 0 aliphatic rings. The fraction of sp³-hybridized carbons (Fsp3) is 0.240. The van der Waals surface area contributed by atoms with E-state index in [1.165, 1.54) is 4.57 Å². The van der Waals surface area contributed by atoms with Crippen LogP contribution in [0.3, 0.4) is 0 Å². The molecular weight excluding hydrogens is 406 g/mol. The molecule has 0 N–H and O–H groups in total. The van der Waals surface area contributed by atoms with Gasteiger partial charge in [-0.05, 0) is 54.3 Å². The molecule has 32 heavy (non-hydrogen) atoms. The lowest BCUT2D eigenvalue weighted by Gasteiger charge is -2.15. The Hall–Kier alpha value is -3.87. The van der Waals surface area contributed by atoms with Gasteiger partial charge >= 0.3 is 5.69 Å². The van der Waals surface area contributed by atoms with Crippen molar-refractivity contribution in [2.45, 2.75) is 26.4 Å². The van der Waals surface area contributed by atoms with Gasteiger partial charge in [-0.1, -0.05) is 30.3 Å². The van der Waals surface area contributed by atoms with E-state index in [0.717, 1.165) is 16.7 Å². The second-order valence-electron chi connectivity index (χ2n) is 7.56. The molecule has 7 nitrogen and oxygen atoms in total. The van der Waals surface area contributed by atoms with Crippen molar-refractivity contribution in [2.75, 3.05) is 14.2 Å². The third-order valence-corrected chi connectivity index (χ3v) is 5.65. The van der Waals surface area contributed by atoms with E-state index >= 15 is 0 Å². The second-order valence-corrected chi connectivity index (χ2v) is 7.56. The Labute approximate surface area is 185 Å². The van der Waals surface area contributed by atoms with Crippen molar-refractivity contribution in [1.82, 2.24) is 14.1 Å². The van der Waals surface area contributed by atoms with Crippen LogP contribution in [0.15, 0.2) is 70.4 Å². The third kappa shape index (κ3) is 4.01. The molecule has 0 radical (unpaired) electrons. The second kappa shape index (κ2) is 9.09. The number of pyridine rings is 1. The first kappa shape index (κ1) is 21.4. The highest BCUT2D eigenvalue weighted by Crippen LogP contribution is 2.27. The minimum atomic E-state index is -0.382. The van der Waals surface area contributed by atoms with E-state index in [4.69, 9.17) is 9.47 Å². The monoisotopic (exact) mass is 431 g/mol. The summed E-state index contributed by atoms with van der Waals surface area (Å²) in [5, 5.41) is 0. The first-order valence-electron chi connectivity index (χ1n) is 10.4. The van der Waals surface area contributed by atoms with E-state index in [-0.39, 0.29) is 23.3 Å². The standard InChI is InChI=1S/C25H25N3O4/c1-17-7-4-5-8-19(17)16-28-20-9-6-13-26-23(20)24(29)27(25(28)30)14-12-18-10-11-21(31-2)22(15-18)32-3/h4-11,13,15H,12,14,16H2,1-3H3. The van der Waals surface area contributed by atoms with Crippen LogP contribution in [0.1, 0.15) is 16.7 Å². The van der Waals surface area contributed by atoms with Gasteiger partial charge in [0.2, 0.25) is 0 Å². The predicted molar refractivity (Wildman–Crippen MR) is 124 cm³/mol. The van der Waals surface area contributed by atoms with Gasteiger partial charge in [0.05, 0.1) is 26.3 Å². The van der Waals surface area contributed by atoms with Crippen molar-refractivity contribution in [3.8, 4) is 11.5 Å². The average Bonchev–Trinajstić information content (AvgIpc) is 2.82. The van der Waals surface area contributed by atoms with Crippen molar-refractivity contribution in [3.63, 3.8) is 0 Å². The highest BCUT2D eigenvalue weighted by Gasteiger charge is 2.15. The summed E-state index contributed by atoms with van der Waals surface area (Å²) in [4.78, 5) is 30.8. The number of aryl methyl sites for hydroxylation is 2. The third-order valence-electron chi connectivity index (χ3n) is 5.65. The molecule has 7 heteroatoms. The Morgan fingerprint density at radius 2 is 1.69 bits per heavy atom. The molecule has 0 unspecified atom stereocenters. The van der Waals surface area contributed by atoms with Gasteiger partial charge in [0.15, 0.2) is 17.0 Å². The summed E-state index contributed by atoms with van der Waals surface area (Å²) in [5.41, 5.74) is 3.12. The van der Waals surface area contributed by atoms with Gasteiger partial charge in [0.1, 0.15) is 0 Å². The largest absolute Gasteiger partial charge is 0.493 e. The molecule has 2 aromatic heterocycles. The number of rotatable bonds is 7. The number of aromatic nitrogens is 3. The Bertz CT molecular complexity index is 1390. The van der Waals surface area contributed by atoms with Crippen molar-refractivity contribution in [2.24, 2.45) is 0 Å². The quantitative estimate of drug-likeness (QED) is 0.449. The lowest BCUT2D eigenvalue weighted by atomic mass is 10.1. The van der Waals surface area contributed by atoms with Gasteiger partial charge < -0.3 is 9.47 Å². The van der Waals surface area contributed by atoms with Crippen LogP contribution in [-0.2, 0) is 19.5 Å². The smallest absolute Gasteiger partial charge is 0.331 e. The maximum absolute atomic E-state index is 13.4. The van der Waals surface area contributed by atoms with E-state index in [1.54, 1.807) is 37.1 Å². The summed E-state index contributed by atoms with van der Waals surface area (Å²) in [7, 11) is 3.15. The van der Waals surface area contributed by atoms with Crippen LogP contribution in [0.25, 0.3) is 11.0 Å². The van der Waals surface area contributed by atoms with Crippen LogP contribution in [0.5, 0.6) is 11.5 Å². The number of hydrogen-bond donors (Lipinski definition) is 0. The summed E-state index contributed by atoms with van der Waals surface area (Å²) in [5.74, 6) is 1.23. The van der Waals surface area contributed by atoms with E-state index in [2.05, 4.69) is 4.98 Å². The molecule has 0 saturated heterocycles. The molecule has 0 bridgehead atoms. The molecular formula is C25H25N3O4. The molecule has 0 aliphatic carbocycles. The molecule has 2 aromatic carbocycles. The lowest BCUT2D eigenvalue weighted by molar-refractivity contribution is 0.354. The van der Waals surface area contributed by atoms with Gasteiger partial charge in [0.25, 0.3) is 5.56 Å². The van der Waals surface area contributed by atoms with Crippen LogP contribution in [-0.4, -0.2) is 28.3 Å². The fourth-order valence-electron chi connectivity index (χ4n) is 3.83. The Kier molecular flexibility index (Phi) is 6.07. The zero-order chi connectivity index (χ0) is 22.7. The predicted octanol–water partition coefficient (Wildman–Crippen LogP) is 3.17. The Morgan fingerprint density at radius 3 is 2.44 bits per heavy atom. The molecule has 0 saturated carbocycles. The van der Waals surface area contributed by atoms with Gasteiger partial charge in [-0.2, -0.15) is 0 Å². The summed E-state index contributed by atoms with van der Waals surface area (Å²) in [6, 6.07) is 17.0. The van der Waals surface area contributed by atoms with Gasteiger partial charge in [-0.15, -0.1) is 0 Å². The van der Waals surface area contributed by atoms with E-state index in [0.29, 0.717) is 30.0 Å². The topological polar surface area (TPSA) is 75.4 Å². The van der Waals surface area contributed by atoms with Crippen molar-refractivity contribution in [1.29, 1.82) is 0 Å². The van der Waals surface area contributed by atoms with E-state index < -0.39 is 0 Å². The van der Waals surface area contributed by atoms with Crippen molar-refractivity contribution < 1.29 is 9.47 Å². The molecule has 2 heterocycles. The van der Waals surface area contributed by atoms with E-state index in [1.807, 2.05) is 49.4 Å². The summed E-state index contributed by atoms with van der Waals surface area (Å²) >= 11 is 0. The first-order chi connectivity index (χ1) is 15.5. The van der Waals surface area contributed by atoms with Crippen molar-refractivity contribution >= 4 is 11.0 Å². The lowest BCUT2D eigenvalue weighted by Crippen LogP contribution is -2.41. The molecule has 0 spiro atoms. The molecule has 0 aliphatic heterocycles. The number of hydrogen-bond acceptors (Lipinski definition) is 5. The highest BCUT2D eigenvalue weighted by molar-refractivity contribution is 5.73. The fourth-order valence-corrected chi connectivity index (χ4v) is 3.83. The maximum atomic E-state index is 13.4. The number of methoxy groups -OCH3 is 2. The minimum Gasteiger partial charge on any atom is -0.493 e. The van der Waals surface area contributed by atoms with Gasteiger partial charge in [-0.25, -0.2) is 9.78 Å². The SMILES string of the molecule is COc1ccc(CCn2c(=O)c3ncccc3n(Cc3ccccc3C)c2=O)cc1OC. The summed E-state index contributed by atoms with van der Waals surface area (Å²) in [6.07, 6.45) is 2.06. The van der Waals surface area contributed by atoms with Crippen LogP contribution < -0.4 is 20.7 Å². The zero-order valence-electron chi connectivity index (χ0n) is 18.4. The average molecular weight is 431 g/mol. The molecule has 0 amide bonds. The minimum absolute atomic E-state index is 0.230. The number of nitrogens with zero attached hydrogens (tertiary/aromatic N) is 3. The molecule has 4 aromatic rings. The van der Waals surface area contributed by atoms with E-state index in [9.17, 15) is 9.59 Å². The highest BCUT2D eigenvalue weighted by atomic mass is 16.5. The van der Waals surface area contributed by atoms with Crippen LogP contribution in [0, 0.1) is 6.92 Å². The molecule has 164 valence electrons. The zero-order valence-corrected chi connectivity index (χ0v) is 18.4. The normalized spacial score (nSPS) is 11.0. The molecule has 0 fully saturated rings. The summed E-state index contributed by atoms with van der Waals surface area (Å²) in [6.45, 7) is 2.60. The first-order valence-corrected chi connectivity index (χ1v) is 10.4. The van der Waals surface area contributed by atoms with Gasteiger partial charge in [-0.3, -0.25) is 13.9 Å². The molecule has 4 rings (SSSR count). The van der Waals surface area contributed by atoms with Crippen molar-refractivity contribution in [3.05, 3.63) is 98.3 Å². The Morgan fingerprint density at radius 1 is 0.906 bits per heavy atom. The summed E-state index contributed by atoms with van der Waals surface area (Å²) < 4.78 is 13.5. The number of fused-ring (bicyclic) bond motifs is 1. The number of ether oxygens (including phenoxy) is 2. The van der Waals surface area contributed by atoms with Crippen LogP contribution in [0.4, 0.5) is 0 Å². The maximum Gasteiger partial charge on any atom is 0.331 e.